The summed E-state index contributed by atoms with van der Waals surface area (Å²) in [7, 11) is 0. The van der Waals surface area contributed by atoms with E-state index in [9.17, 15) is 14.4 Å². The molecule has 0 spiro atoms. The number of amides is 4. The zero-order chi connectivity index (χ0) is 21.5. The Morgan fingerprint density at radius 1 is 0.967 bits per heavy atom. The maximum absolute atomic E-state index is 12.7. The van der Waals surface area contributed by atoms with Gasteiger partial charge in [-0.05, 0) is 45.0 Å². The van der Waals surface area contributed by atoms with Crippen LogP contribution in [0.3, 0.4) is 0 Å². The lowest BCUT2D eigenvalue weighted by atomic mass is 10.1. The van der Waals surface area contributed by atoms with Gasteiger partial charge in [0.15, 0.2) is 0 Å². The Morgan fingerprint density at radius 2 is 1.60 bits per heavy atom. The number of imide groups is 1. The van der Waals surface area contributed by atoms with Gasteiger partial charge in [-0.1, -0.05) is 0 Å². The molecule has 0 unspecified atom stereocenters. The molecule has 1 aromatic carbocycles. The number of aromatic nitrogens is 2. The molecule has 156 valence electrons. The van der Waals surface area contributed by atoms with E-state index in [1.165, 1.54) is 4.90 Å². The van der Waals surface area contributed by atoms with Crippen LogP contribution >= 0.6 is 0 Å². The van der Waals surface area contributed by atoms with Crippen molar-refractivity contribution < 1.29 is 14.4 Å². The number of benzene rings is 1. The smallest absolute Gasteiger partial charge is 0.321 e. The van der Waals surface area contributed by atoms with E-state index >= 15 is 0 Å². The van der Waals surface area contributed by atoms with Gasteiger partial charge >= 0.3 is 6.03 Å². The molecule has 1 saturated heterocycles. The summed E-state index contributed by atoms with van der Waals surface area (Å²) in [4.78, 5) is 51.5. The highest BCUT2D eigenvalue weighted by Crippen LogP contribution is 2.31. The first kappa shape index (κ1) is 19.8. The first-order chi connectivity index (χ1) is 14.3. The summed E-state index contributed by atoms with van der Waals surface area (Å²) in [6.07, 6.45) is 3.39. The van der Waals surface area contributed by atoms with Crippen LogP contribution in [0.2, 0.25) is 0 Å². The largest absolute Gasteiger partial charge is 0.337 e. The van der Waals surface area contributed by atoms with E-state index in [4.69, 9.17) is 0 Å². The third-order valence-electron chi connectivity index (χ3n) is 5.21. The molecule has 4 amide bonds. The molecule has 1 N–H and O–H groups in total. The van der Waals surface area contributed by atoms with E-state index in [1.54, 1.807) is 41.6 Å². The lowest BCUT2D eigenvalue weighted by Crippen LogP contribution is -2.50. The van der Waals surface area contributed by atoms with Crippen LogP contribution in [0.5, 0.6) is 0 Å². The number of urea groups is 1. The fourth-order valence-electron chi connectivity index (χ4n) is 3.69. The van der Waals surface area contributed by atoms with Crippen molar-refractivity contribution >= 4 is 29.5 Å². The molecule has 0 radical (unpaired) electrons. The van der Waals surface area contributed by atoms with Gasteiger partial charge in [0.05, 0.1) is 11.1 Å². The van der Waals surface area contributed by atoms with E-state index in [0.717, 1.165) is 0 Å². The van der Waals surface area contributed by atoms with Crippen molar-refractivity contribution in [1.29, 1.82) is 0 Å². The minimum atomic E-state index is -0.612. The highest BCUT2D eigenvalue weighted by Gasteiger charge is 2.42. The molecule has 0 atom stereocenters. The van der Waals surface area contributed by atoms with Crippen molar-refractivity contribution in [1.82, 2.24) is 19.8 Å². The minimum Gasteiger partial charge on any atom is -0.337 e. The van der Waals surface area contributed by atoms with Gasteiger partial charge in [0, 0.05) is 49.8 Å². The summed E-state index contributed by atoms with van der Waals surface area (Å²) in [5, 5.41) is 2.84. The van der Waals surface area contributed by atoms with Gasteiger partial charge in [0.1, 0.15) is 0 Å². The minimum absolute atomic E-state index is 0.243. The Labute approximate surface area is 174 Å². The van der Waals surface area contributed by atoms with Crippen LogP contribution in [-0.4, -0.2) is 69.3 Å². The SMILES string of the molecule is CC(C)(C)N1C(=O)c2ccc(NC(=O)N3CCN(c4ncccn4)CC3)cc2C1=O. The summed E-state index contributed by atoms with van der Waals surface area (Å²) in [5.74, 6) is 0.0115. The summed E-state index contributed by atoms with van der Waals surface area (Å²) in [6.45, 7) is 7.78. The summed E-state index contributed by atoms with van der Waals surface area (Å²) < 4.78 is 0. The molecule has 2 aliphatic heterocycles. The standard InChI is InChI=1S/C21H24N6O3/c1-21(2,3)27-17(28)15-6-5-14(13-16(15)18(27)29)24-20(30)26-11-9-25(10-12-26)19-22-7-4-8-23-19/h4-8,13H,9-12H2,1-3H3,(H,24,30). The van der Waals surface area contributed by atoms with Gasteiger partial charge in [0.25, 0.3) is 11.8 Å². The maximum atomic E-state index is 12.7. The number of nitrogens with zero attached hydrogens (tertiary/aromatic N) is 5. The molecule has 0 bridgehead atoms. The van der Waals surface area contributed by atoms with Gasteiger partial charge in [-0.2, -0.15) is 0 Å². The quantitative estimate of drug-likeness (QED) is 0.765. The second-order valence-corrected chi connectivity index (χ2v) is 8.33. The van der Waals surface area contributed by atoms with Gasteiger partial charge < -0.3 is 15.1 Å². The number of nitrogens with one attached hydrogen (secondary N) is 1. The number of carbonyl (C=O) groups is 3. The van der Waals surface area contributed by atoms with E-state index in [2.05, 4.69) is 15.3 Å². The number of rotatable bonds is 2. The van der Waals surface area contributed by atoms with Crippen molar-refractivity contribution in [3.63, 3.8) is 0 Å². The Hall–Kier alpha value is -3.49. The zero-order valence-corrected chi connectivity index (χ0v) is 17.3. The number of carbonyl (C=O) groups excluding carboxylic acids is 3. The van der Waals surface area contributed by atoms with Crippen LogP contribution in [0, 0.1) is 0 Å². The highest BCUT2D eigenvalue weighted by atomic mass is 16.2. The predicted molar refractivity (Wildman–Crippen MR) is 112 cm³/mol. The van der Waals surface area contributed by atoms with Crippen molar-refractivity contribution in [2.24, 2.45) is 0 Å². The Kier molecular flexibility index (Phi) is 4.89. The molecule has 9 heteroatoms. The summed E-state index contributed by atoms with van der Waals surface area (Å²) in [6, 6.07) is 6.35. The molecule has 2 aromatic rings. The molecule has 0 saturated carbocycles. The maximum Gasteiger partial charge on any atom is 0.321 e. The van der Waals surface area contributed by atoms with Crippen LogP contribution in [-0.2, 0) is 0 Å². The number of fused-ring (bicyclic) bond motifs is 1. The summed E-state index contributed by atoms with van der Waals surface area (Å²) >= 11 is 0. The molecule has 0 aliphatic carbocycles. The first-order valence-corrected chi connectivity index (χ1v) is 9.86. The van der Waals surface area contributed by atoms with Crippen LogP contribution in [0.1, 0.15) is 41.5 Å². The molecule has 4 rings (SSSR count). The van der Waals surface area contributed by atoms with Crippen molar-refractivity contribution in [3.05, 3.63) is 47.8 Å². The topological polar surface area (TPSA) is 98.7 Å². The fraction of sp³-hybridized carbons (Fsp3) is 0.381. The zero-order valence-electron chi connectivity index (χ0n) is 17.3. The second kappa shape index (κ2) is 7.40. The number of anilines is 2. The normalized spacial score (nSPS) is 16.7. The van der Waals surface area contributed by atoms with Crippen LogP contribution in [0.4, 0.5) is 16.4 Å². The average molecular weight is 408 g/mol. The number of hydrogen-bond donors (Lipinski definition) is 1. The molecule has 30 heavy (non-hydrogen) atoms. The lowest BCUT2D eigenvalue weighted by Gasteiger charge is -2.34. The average Bonchev–Trinajstić information content (AvgIpc) is 2.98. The Morgan fingerprint density at radius 3 is 2.23 bits per heavy atom. The van der Waals surface area contributed by atoms with E-state index in [0.29, 0.717) is 48.9 Å². The molecule has 1 fully saturated rings. The van der Waals surface area contributed by atoms with Crippen LogP contribution in [0.25, 0.3) is 0 Å². The Bertz CT molecular complexity index is 994. The molecule has 9 nitrogen and oxygen atoms in total. The van der Waals surface area contributed by atoms with Crippen molar-refractivity contribution in [2.45, 2.75) is 26.3 Å². The van der Waals surface area contributed by atoms with Crippen molar-refractivity contribution in [2.75, 3.05) is 36.4 Å². The van der Waals surface area contributed by atoms with Gasteiger partial charge in [-0.3, -0.25) is 14.5 Å². The molecular weight excluding hydrogens is 384 g/mol. The second-order valence-electron chi connectivity index (χ2n) is 8.33. The van der Waals surface area contributed by atoms with Crippen LogP contribution < -0.4 is 10.2 Å². The third kappa shape index (κ3) is 3.58. The predicted octanol–water partition coefficient (Wildman–Crippen LogP) is 2.23. The Balaban J connectivity index is 1.42. The molecule has 3 heterocycles. The first-order valence-electron chi connectivity index (χ1n) is 9.86. The van der Waals surface area contributed by atoms with Gasteiger partial charge in [-0.25, -0.2) is 14.8 Å². The van der Waals surface area contributed by atoms with Gasteiger partial charge in [0.2, 0.25) is 5.95 Å². The van der Waals surface area contributed by atoms with E-state index < -0.39 is 5.54 Å². The van der Waals surface area contributed by atoms with Crippen molar-refractivity contribution in [3.8, 4) is 0 Å². The number of piperazine rings is 1. The molecular formula is C21H24N6O3. The lowest BCUT2D eigenvalue weighted by molar-refractivity contribution is 0.0507. The van der Waals surface area contributed by atoms with Gasteiger partial charge in [-0.15, -0.1) is 0 Å². The van der Waals surface area contributed by atoms with Crippen LogP contribution in [0.15, 0.2) is 36.7 Å². The van der Waals surface area contributed by atoms with E-state index in [-0.39, 0.29) is 17.8 Å². The highest BCUT2D eigenvalue weighted by molar-refractivity contribution is 6.22. The number of hydrogen-bond acceptors (Lipinski definition) is 6. The monoisotopic (exact) mass is 408 g/mol. The fourth-order valence-corrected chi connectivity index (χ4v) is 3.69. The molecule has 1 aromatic heterocycles. The van der Waals surface area contributed by atoms with E-state index in [1.807, 2.05) is 25.7 Å². The molecule has 2 aliphatic rings. The summed E-state index contributed by atoms with van der Waals surface area (Å²) in [5.41, 5.74) is 0.561. The third-order valence-corrected chi connectivity index (χ3v) is 5.21.